The SMILES string of the molecule is Cc1nnsc1C(=O)CC1CCCC1. The van der Waals surface area contributed by atoms with E-state index in [1.807, 2.05) is 6.92 Å². The fraction of sp³-hybridized carbons (Fsp3) is 0.700. The molecule has 1 fully saturated rings. The number of rotatable bonds is 3. The van der Waals surface area contributed by atoms with Crippen molar-refractivity contribution >= 4 is 17.3 Å². The molecular formula is C10H14N2OS. The van der Waals surface area contributed by atoms with Gasteiger partial charge in [0, 0.05) is 6.42 Å². The molecule has 0 radical (unpaired) electrons. The minimum absolute atomic E-state index is 0.240. The number of carbonyl (C=O) groups is 1. The normalized spacial score (nSPS) is 17.5. The third-order valence-corrected chi connectivity index (χ3v) is 3.72. The number of hydrogen-bond donors (Lipinski definition) is 0. The van der Waals surface area contributed by atoms with Crippen molar-refractivity contribution in [1.82, 2.24) is 9.59 Å². The molecule has 0 bridgehead atoms. The molecule has 0 saturated heterocycles. The second kappa shape index (κ2) is 4.17. The molecule has 0 amide bonds. The van der Waals surface area contributed by atoms with E-state index < -0.39 is 0 Å². The molecule has 1 aliphatic rings. The van der Waals surface area contributed by atoms with Crippen molar-refractivity contribution in [2.45, 2.75) is 39.0 Å². The molecule has 3 nitrogen and oxygen atoms in total. The standard InChI is InChI=1S/C10H14N2OS/c1-7-10(14-12-11-7)9(13)6-8-4-2-3-5-8/h8H,2-6H2,1H3. The first kappa shape index (κ1) is 9.77. The Morgan fingerprint density at radius 3 is 2.79 bits per heavy atom. The van der Waals surface area contributed by atoms with Crippen molar-refractivity contribution < 1.29 is 4.79 Å². The van der Waals surface area contributed by atoms with Crippen molar-refractivity contribution in [2.75, 3.05) is 0 Å². The summed E-state index contributed by atoms with van der Waals surface area (Å²) >= 11 is 1.23. The molecule has 14 heavy (non-hydrogen) atoms. The molecule has 0 aromatic carbocycles. The van der Waals surface area contributed by atoms with Crippen molar-refractivity contribution in [3.63, 3.8) is 0 Å². The molecule has 76 valence electrons. The second-order valence-corrected chi connectivity index (χ2v) is 4.72. The van der Waals surface area contributed by atoms with Gasteiger partial charge in [-0.15, -0.1) is 5.10 Å². The number of carbonyl (C=O) groups excluding carboxylic acids is 1. The molecule has 1 aromatic rings. The van der Waals surface area contributed by atoms with E-state index in [0.717, 1.165) is 10.6 Å². The molecular weight excluding hydrogens is 196 g/mol. The summed E-state index contributed by atoms with van der Waals surface area (Å²) in [5.41, 5.74) is 0.790. The fourth-order valence-electron chi connectivity index (χ4n) is 2.06. The van der Waals surface area contributed by atoms with Gasteiger partial charge in [-0.1, -0.05) is 30.2 Å². The predicted molar refractivity (Wildman–Crippen MR) is 55.6 cm³/mol. The number of ketones is 1. The second-order valence-electron chi connectivity index (χ2n) is 3.97. The number of nitrogens with zero attached hydrogens (tertiary/aromatic N) is 2. The van der Waals surface area contributed by atoms with Gasteiger partial charge in [0.25, 0.3) is 0 Å². The van der Waals surface area contributed by atoms with Crippen molar-refractivity contribution in [1.29, 1.82) is 0 Å². The van der Waals surface area contributed by atoms with Crippen LogP contribution in [-0.4, -0.2) is 15.4 Å². The average Bonchev–Trinajstić information content (AvgIpc) is 2.75. The summed E-state index contributed by atoms with van der Waals surface area (Å²) in [5.74, 6) is 0.855. The zero-order valence-corrected chi connectivity index (χ0v) is 9.14. The average molecular weight is 210 g/mol. The van der Waals surface area contributed by atoms with E-state index in [9.17, 15) is 4.79 Å². The minimum Gasteiger partial charge on any atom is -0.293 e. The summed E-state index contributed by atoms with van der Waals surface area (Å²) in [6, 6.07) is 0. The highest BCUT2D eigenvalue weighted by atomic mass is 32.1. The molecule has 1 aliphatic carbocycles. The largest absolute Gasteiger partial charge is 0.293 e. The predicted octanol–water partition coefficient (Wildman–Crippen LogP) is 2.61. The smallest absolute Gasteiger partial charge is 0.176 e. The number of Topliss-reactive ketones (excluding diaryl/α,β-unsaturated/α-hetero) is 1. The van der Waals surface area contributed by atoms with E-state index in [1.54, 1.807) is 0 Å². The topological polar surface area (TPSA) is 42.9 Å². The Labute approximate surface area is 87.7 Å². The third kappa shape index (κ3) is 2.00. The first-order chi connectivity index (χ1) is 6.77. The highest BCUT2D eigenvalue weighted by molar-refractivity contribution is 7.08. The van der Waals surface area contributed by atoms with Crippen LogP contribution in [0.25, 0.3) is 0 Å². The van der Waals surface area contributed by atoms with Crippen LogP contribution in [0.3, 0.4) is 0 Å². The monoisotopic (exact) mass is 210 g/mol. The van der Waals surface area contributed by atoms with Crippen LogP contribution >= 0.6 is 11.5 Å². The van der Waals surface area contributed by atoms with E-state index in [1.165, 1.54) is 37.2 Å². The van der Waals surface area contributed by atoms with Crippen LogP contribution in [0, 0.1) is 12.8 Å². The quantitative estimate of drug-likeness (QED) is 0.720. The summed E-state index contributed by atoms with van der Waals surface area (Å²) in [7, 11) is 0. The lowest BCUT2D eigenvalue weighted by Gasteiger charge is -2.05. The first-order valence-electron chi connectivity index (χ1n) is 5.09. The molecule has 2 rings (SSSR count). The Kier molecular flexibility index (Phi) is 2.91. The van der Waals surface area contributed by atoms with Crippen LogP contribution in [0.5, 0.6) is 0 Å². The molecule has 0 atom stereocenters. The van der Waals surface area contributed by atoms with Gasteiger partial charge in [0.2, 0.25) is 0 Å². The lowest BCUT2D eigenvalue weighted by Crippen LogP contribution is -2.05. The summed E-state index contributed by atoms with van der Waals surface area (Å²) in [6.07, 6.45) is 5.72. The maximum absolute atomic E-state index is 11.8. The van der Waals surface area contributed by atoms with Crippen LogP contribution < -0.4 is 0 Å². The summed E-state index contributed by atoms with van der Waals surface area (Å²) < 4.78 is 3.79. The van der Waals surface area contributed by atoms with E-state index >= 15 is 0 Å². The van der Waals surface area contributed by atoms with E-state index in [0.29, 0.717) is 12.3 Å². The van der Waals surface area contributed by atoms with Crippen molar-refractivity contribution in [3.8, 4) is 0 Å². The van der Waals surface area contributed by atoms with Gasteiger partial charge in [-0.3, -0.25) is 4.79 Å². The lowest BCUT2D eigenvalue weighted by molar-refractivity contribution is 0.0965. The van der Waals surface area contributed by atoms with E-state index in [-0.39, 0.29) is 5.78 Å². The Balaban J connectivity index is 1.98. The Morgan fingerprint density at radius 2 is 2.21 bits per heavy atom. The summed E-state index contributed by atoms with van der Waals surface area (Å²) in [5, 5.41) is 3.86. The summed E-state index contributed by atoms with van der Waals surface area (Å²) in [4.78, 5) is 12.6. The summed E-state index contributed by atoms with van der Waals surface area (Å²) in [6.45, 7) is 1.85. The fourth-order valence-corrected chi connectivity index (χ4v) is 2.66. The van der Waals surface area contributed by atoms with Crippen LogP contribution in [0.1, 0.15) is 47.5 Å². The Bertz CT molecular complexity index is 329. The highest BCUT2D eigenvalue weighted by Gasteiger charge is 2.21. The zero-order valence-electron chi connectivity index (χ0n) is 8.32. The molecule has 4 heteroatoms. The Morgan fingerprint density at radius 1 is 1.50 bits per heavy atom. The van der Waals surface area contributed by atoms with Crippen molar-refractivity contribution in [3.05, 3.63) is 10.6 Å². The van der Waals surface area contributed by atoms with Gasteiger partial charge in [0.1, 0.15) is 4.88 Å². The molecule has 1 heterocycles. The molecule has 0 unspecified atom stereocenters. The highest BCUT2D eigenvalue weighted by Crippen LogP contribution is 2.29. The van der Waals surface area contributed by atoms with Gasteiger partial charge in [0.15, 0.2) is 5.78 Å². The first-order valence-corrected chi connectivity index (χ1v) is 5.87. The molecule has 0 aliphatic heterocycles. The number of aryl methyl sites for hydroxylation is 1. The molecule has 0 spiro atoms. The van der Waals surface area contributed by atoms with Gasteiger partial charge >= 0.3 is 0 Å². The number of aromatic nitrogens is 2. The minimum atomic E-state index is 0.240. The van der Waals surface area contributed by atoms with Gasteiger partial charge in [-0.25, -0.2) is 0 Å². The van der Waals surface area contributed by atoms with Crippen LogP contribution in [0.15, 0.2) is 0 Å². The van der Waals surface area contributed by atoms with Gasteiger partial charge < -0.3 is 0 Å². The van der Waals surface area contributed by atoms with Crippen LogP contribution in [-0.2, 0) is 0 Å². The maximum Gasteiger partial charge on any atom is 0.176 e. The number of hydrogen-bond acceptors (Lipinski definition) is 4. The zero-order chi connectivity index (χ0) is 9.97. The Hall–Kier alpha value is -0.770. The molecule has 1 saturated carbocycles. The third-order valence-electron chi connectivity index (χ3n) is 2.85. The maximum atomic E-state index is 11.8. The van der Waals surface area contributed by atoms with Crippen LogP contribution in [0.2, 0.25) is 0 Å². The molecule has 0 N–H and O–H groups in total. The van der Waals surface area contributed by atoms with Gasteiger partial charge in [-0.05, 0) is 24.4 Å². The van der Waals surface area contributed by atoms with Crippen LogP contribution in [0.4, 0.5) is 0 Å². The van der Waals surface area contributed by atoms with Crippen molar-refractivity contribution in [2.24, 2.45) is 5.92 Å². The van der Waals surface area contributed by atoms with Gasteiger partial charge in [-0.2, -0.15) is 0 Å². The lowest BCUT2D eigenvalue weighted by atomic mass is 10.00. The molecule has 1 aromatic heterocycles. The van der Waals surface area contributed by atoms with E-state index in [4.69, 9.17) is 0 Å². The van der Waals surface area contributed by atoms with Gasteiger partial charge in [0.05, 0.1) is 5.69 Å². The van der Waals surface area contributed by atoms with E-state index in [2.05, 4.69) is 9.59 Å².